The maximum Gasteiger partial charge on any atom is 0.270 e. The number of hydrogen-bond acceptors (Lipinski definition) is 2. The molecule has 0 saturated carbocycles. The highest BCUT2D eigenvalue weighted by Crippen LogP contribution is 2.27. The number of halogens is 1. The molecule has 3 aromatic heterocycles. The lowest BCUT2D eigenvalue weighted by Gasteiger charge is -1.91. The van der Waals surface area contributed by atoms with Crippen molar-refractivity contribution < 1.29 is 0 Å². The van der Waals surface area contributed by atoms with E-state index in [1.54, 1.807) is 18.5 Å². The van der Waals surface area contributed by atoms with E-state index in [1.165, 1.54) is 0 Å². The van der Waals surface area contributed by atoms with Crippen LogP contribution >= 0.6 is 15.9 Å². The van der Waals surface area contributed by atoms with Crippen molar-refractivity contribution in [2.75, 3.05) is 0 Å². The van der Waals surface area contributed by atoms with Crippen LogP contribution in [0.5, 0.6) is 0 Å². The van der Waals surface area contributed by atoms with Crippen LogP contribution in [0.25, 0.3) is 26.8 Å². The minimum Gasteiger partial charge on any atom is -0.361 e. The van der Waals surface area contributed by atoms with Crippen LogP contribution in [0, 0.1) is 6.57 Å². The molecule has 0 amide bonds. The van der Waals surface area contributed by atoms with E-state index < -0.39 is 0 Å². The normalized spacial score (nSPS) is 10.8. The number of pyridine rings is 2. The van der Waals surface area contributed by atoms with Crippen molar-refractivity contribution in [2.24, 2.45) is 0 Å². The van der Waals surface area contributed by atoms with Crippen molar-refractivity contribution in [2.45, 2.75) is 0 Å². The van der Waals surface area contributed by atoms with Gasteiger partial charge in [-0.25, -0.2) is 4.98 Å². The number of H-pyrrole nitrogens is 1. The Kier molecular flexibility index (Phi) is 1.91. The van der Waals surface area contributed by atoms with E-state index >= 15 is 0 Å². The van der Waals surface area contributed by atoms with Crippen LogP contribution < -0.4 is 0 Å². The summed E-state index contributed by atoms with van der Waals surface area (Å²) in [7, 11) is 0. The van der Waals surface area contributed by atoms with E-state index in [4.69, 9.17) is 6.57 Å². The van der Waals surface area contributed by atoms with Gasteiger partial charge in [0.15, 0.2) is 0 Å². The number of rotatable bonds is 0. The van der Waals surface area contributed by atoms with Crippen molar-refractivity contribution in [3.63, 3.8) is 0 Å². The molecule has 0 bridgehead atoms. The maximum atomic E-state index is 6.95. The molecule has 0 aliphatic heterocycles. The molecule has 5 heteroatoms. The van der Waals surface area contributed by atoms with E-state index in [0.717, 1.165) is 26.4 Å². The fourth-order valence-electron chi connectivity index (χ4n) is 1.70. The van der Waals surface area contributed by atoms with Crippen LogP contribution in [0.4, 0.5) is 5.82 Å². The molecule has 0 aromatic carbocycles. The van der Waals surface area contributed by atoms with Crippen molar-refractivity contribution in [3.05, 3.63) is 40.4 Å². The molecule has 0 unspecified atom stereocenters. The summed E-state index contributed by atoms with van der Waals surface area (Å²) in [5.41, 5.74) is 1.70. The minimum absolute atomic E-state index is 0.397. The molecule has 1 N–H and O–H groups in total. The van der Waals surface area contributed by atoms with Gasteiger partial charge in [-0.2, -0.15) is 0 Å². The van der Waals surface area contributed by atoms with Crippen LogP contribution in [-0.4, -0.2) is 15.0 Å². The summed E-state index contributed by atoms with van der Waals surface area (Å²) in [5.74, 6) is 0.397. The minimum atomic E-state index is 0.397. The Morgan fingerprint density at radius 3 is 2.88 bits per heavy atom. The quantitative estimate of drug-likeness (QED) is 0.638. The number of fused-ring (bicyclic) bond motifs is 3. The number of aromatic nitrogens is 3. The monoisotopic (exact) mass is 272 g/mol. The lowest BCUT2D eigenvalue weighted by Crippen LogP contribution is -1.74. The first-order chi connectivity index (χ1) is 7.78. The van der Waals surface area contributed by atoms with Gasteiger partial charge in [0, 0.05) is 21.4 Å². The second-order valence-electron chi connectivity index (χ2n) is 3.37. The lowest BCUT2D eigenvalue weighted by atomic mass is 10.2. The number of aromatic amines is 1. The zero-order chi connectivity index (χ0) is 11.1. The summed E-state index contributed by atoms with van der Waals surface area (Å²) in [5, 5.41) is 1.97. The Morgan fingerprint density at radius 1 is 1.19 bits per heavy atom. The van der Waals surface area contributed by atoms with Gasteiger partial charge < -0.3 is 9.83 Å². The number of hydrogen-bond donors (Lipinski definition) is 1. The highest BCUT2D eigenvalue weighted by molar-refractivity contribution is 9.10. The fraction of sp³-hybridized carbons (Fsp3) is 0. The van der Waals surface area contributed by atoms with Gasteiger partial charge in [0.25, 0.3) is 5.82 Å². The molecular weight excluding hydrogens is 268 g/mol. The van der Waals surface area contributed by atoms with Crippen molar-refractivity contribution in [1.82, 2.24) is 15.0 Å². The zero-order valence-corrected chi connectivity index (χ0v) is 9.62. The first-order valence-corrected chi connectivity index (χ1v) is 5.37. The smallest absolute Gasteiger partial charge is 0.270 e. The molecule has 0 aliphatic carbocycles. The highest BCUT2D eigenvalue weighted by Gasteiger charge is 2.07. The summed E-state index contributed by atoms with van der Waals surface area (Å²) in [6, 6.07) is 3.75. The Bertz CT molecular complexity index is 739. The van der Waals surface area contributed by atoms with E-state index in [2.05, 4.69) is 35.7 Å². The summed E-state index contributed by atoms with van der Waals surface area (Å²) < 4.78 is 0.919. The lowest BCUT2D eigenvalue weighted by molar-refractivity contribution is 1.32. The molecular formula is C11H5BrN4. The topological polar surface area (TPSA) is 45.9 Å². The molecule has 0 atom stereocenters. The molecule has 0 saturated heterocycles. The molecule has 3 aromatic rings. The van der Waals surface area contributed by atoms with Crippen molar-refractivity contribution >= 4 is 43.7 Å². The molecule has 3 rings (SSSR count). The molecule has 3 heterocycles. The van der Waals surface area contributed by atoms with E-state index in [0.29, 0.717) is 5.82 Å². The zero-order valence-electron chi connectivity index (χ0n) is 8.03. The summed E-state index contributed by atoms with van der Waals surface area (Å²) in [4.78, 5) is 14.8. The largest absolute Gasteiger partial charge is 0.361 e. The highest BCUT2D eigenvalue weighted by atomic mass is 79.9. The van der Waals surface area contributed by atoms with E-state index in [-0.39, 0.29) is 0 Å². The fourth-order valence-corrected chi connectivity index (χ4v) is 2.03. The third-order valence-electron chi connectivity index (χ3n) is 2.40. The van der Waals surface area contributed by atoms with Crippen LogP contribution in [-0.2, 0) is 0 Å². The van der Waals surface area contributed by atoms with Crippen LogP contribution in [0.1, 0.15) is 0 Å². The van der Waals surface area contributed by atoms with Gasteiger partial charge in [-0.3, -0.25) is 0 Å². The van der Waals surface area contributed by atoms with E-state index in [9.17, 15) is 0 Å². The first-order valence-electron chi connectivity index (χ1n) is 4.58. The van der Waals surface area contributed by atoms with Crippen molar-refractivity contribution in [1.29, 1.82) is 0 Å². The maximum absolute atomic E-state index is 6.95. The standard InChI is InChI=1S/C11H5BrN4/c1-13-10-3-7-8-2-6(12)4-15-11(8)16-9(7)5-14-10/h2-5H,(H,15,16). The molecule has 0 spiro atoms. The van der Waals surface area contributed by atoms with Crippen molar-refractivity contribution in [3.8, 4) is 0 Å². The average Bonchev–Trinajstić information content (AvgIpc) is 2.66. The van der Waals surface area contributed by atoms with Crippen LogP contribution in [0.3, 0.4) is 0 Å². The molecule has 0 radical (unpaired) electrons. The molecule has 0 fully saturated rings. The second-order valence-corrected chi connectivity index (χ2v) is 4.29. The molecule has 16 heavy (non-hydrogen) atoms. The first kappa shape index (κ1) is 9.31. The summed E-state index contributed by atoms with van der Waals surface area (Å²) in [6.07, 6.45) is 3.40. The van der Waals surface area contributed by atoms with Gasteiger partial charge in [-0.15, -0.1) is 4.98 Å². The second kappa shape index (κ2) is 3.29. The van der Waals surface area contributed by atoms with Gasteiger partial charge in [0.1, 0.15) is 11.8 Å². The van der Waals surface area contributed by atoms with Crippen LogP contribution in [0.15, 0.2) is 29.0 Å². The molecule has 0 aliphatic rings. The number of nitrogens with one attached hydrogen (secondary N) is 1. The van der Waals surface area contributed by atoms with E-state index in [1.807, 2.05) is 6.07 Å². The number of nitrogens with zero attached hydrogens (tertiary/aromatic N) is 3. The third kappa shape index (κ3) is 1.27. The Labute approximate surface area is 99.3 Å². The Balaban J connectivity index is 2.50. The van der Waals surface area contributed by atoms with Gasteiger partial charge in [-0.05, 0) is 28.1 Å². The van der Waals surface area contributed by atoms with Gasteiger partial charge in [0.2, 0.25) is 0 Å². The Hall–Kier alpha value is -1.93. The third-order valence-corrected chi connectivity index (χ3v) is 2.84. The Morgan fingerprint density at radius 2 is 2.06 bits per heavy atom. The van der Waals surface area contributed by atoms with Crippen LogP contribution in [0.2, 0.25) is 0 Å². The van der Waals surface area contributed by atoms with Gasteiger partial charge >= 0.3 is 0 Å². The SMILES string of the molecule is [C-]#[N+]c1cc2c(cn1)[nH]c1ncc(Br)cc12. The summed E-state index contributed by atoms with van der Waals surface area (Å²) >= 11 is 3.39. The molecule has 76 valence electrons. The molecule has 4 nitrogen and oxygen atoms in total. The average molecular weight is 273 g/mol. The predicted octanol–water partition coefficient (Wildman–Crippen LogP) is 3.42. The predicted molar refractivity (Wildman–Crippen MR) is 65.4 cm³/mol. The van der Waals surface area contributed by atoms with Gasteiger partial charge in [0.05, 0.1) is 5.52 Å². The summed E-state index contributed by atoms with van der Waals surface area (Å²) in [6.45, 7) is 6.95. The van der Waals surface area contributed by atoms with Gasteiger partial charge in [-0.1, -0.05) is 6.57 Å².